The molecule has 1 amide bonds. The van der Waals surface area contributed by atoms with Crippen molar-refractivity contribution in [3.05, 3.63) is 41.5 Å². The second-order valence-electron chi connectivity index (χ2n) is 5.84. The Bertz CT molecular complexity index is 634. The number of carboxylic acids is 1. The minimum absolute atomic E-state index is 0.169. The van der Waals surface area contributed by atoms with E-state index in [0.29, 0.717) is 6.42 Å². The first kappa shape index (κ1) is 16.8. The van der Waals surface area contributed by atoms with Gasteiger partial charge in [0.25, 0.3) is 0 Å². The number of carbonyl (C=O) groups is 2. The number of hydrogen-bond acceptors (Lipinski definition) is 4. The third-order valence-corrected chi connectivity index (χ3v) is 3.88. The van der Waals surface area contributed by atoms with Crippen molar-refractivity contribution >= 4 is 18.0 Å². The van der Waals surface area contributed by atoms with Gasteiger partial charge in [-0.05, 0) is 17.9 Å². The number of amides is 1. The number of benzene rings is 1. The molecule has 1 aliphatic rings. The largest absolute Gasteiger partial charge is 0.477 e. The molecule has 122 valence electrons. The summed E-state index contributed by atoms with van der Waals surface area (Å²) in [7, 11) is 0. The molecule has 1 aromatic rings. The number of hydrogen-bond donors (Lipinski definition) is 1. The van der Waals surface area contributed by atoms with E-state index in [-0.39, 0.29) is 18.6 Å². The zero-order valence-corrected chi connectivity index (χ0v) is 13.1. The molecule has 0 saturated carbocycles. The molecule has 0 spiro atoms. The van der Waals surface area contributed by atoms with Crippen molar-refractivity contribution in [3.8, 4) is 0 Å². The van der Waals surface area contributed by atoms with Crippen molar-refractivity contribution in [3.63, 3.8) is 0 Å². The van der Waals surface area contributed by atoms with E-state index < -0.39 is 23.7 Å². The normalized spacial score (nSPS) is 18.5. The van der Waals surface area contributed by atoms with E-state index in [1.54, 1.807) is 13.8 Å². The molecule has 2 atom stereocenters. The van der Waals surface area contributed by atoms with Gasteiger partial charge < -0.3 is 9.84 Å². The molecular formula is C17H19NO5. The summed E-state index contributed by atoms with van der Waals surface area (Å²) in [6.07, 6.45) is -0.0692. The molecule has 6 nitrogen and oxygen atoms in total. The topological polar surface area (TPSA) is 83.9 Å². The van der Waals surface area contributed by atoms with E-state index >= 15 is 0 Å². The van der Waals surface area contributed by atoms with Gasteiger partial charge in [-0.3, -0.25) is 4.90 Å². The van der Waals surface area contributed by atoms with Crippen LogP contribution in [0.4, 0.5) is 4.79 Å². The van der Waals surface area contributed by atoms with Crippen molar-refractivity contribution in [1.29, 1.82) is 0 Å². The lowest BCUT2D eigenvalue weighted by Crippen LogP contribution is -2.48. The van der Waals surface area contributed by atoms with Crippen LogP contribution in [-0.4, -0.2) is 46.7 Å². The van der Waals surface area contributed by atoms with Gasteiger partial charge in [-0.1, -0.05) is 44.2 Å². The summed E-state index contributed by atoms with van der Waals surface area (Å²) in [4.78, 5) is 35.9. The Labute approximate surface area is 134 Å². The summed E-state index contributed by atoms with van der Waals surface area (Å²) in [5, 5.41) is 9.24. The van der Waals surface area contributed by atoms with Gasteiger partial charge in [-0.25, -0.2) is 14.4 Å². The number of aliphatic carboxylic acids is 1. The van der Waals surface area contributed by atoms with E-state index in [0.717, 1.165) is 5.56 Å². The number of carboxylic acid groups (broad SMARTS) is 1. The maximum atomic E-state index is 12.1. The fourth-order valence-corrected chi connectivity index (χ4v) is 2.88. The van der Waals surface area contributed by atoms with Crippen LogP contribution in [0.5, 0.6) is 0 Å². The first-order valence-corrected chi connectivity index (χ1v) is 7.43. The van der Waals surface area contributed by atoms with Crippen molar-refractivity contribution in [2.75, 3.05) is 6.61 Å². The zero-order chi connectivity index (χ0) is 17.0. The van der Waals surface area contributed by atoms with Crippen LogP contribution in [0.25, 0.3) is 0 Å². The van der Waals surface area contributed by atoms with Crippen LogP contribution in [0.1, 0.15) is 19.4 Å². The minimum Gasteiger partial charge on any atom is -0.477 e. The summed E-state index contributed by atoms with van der Waals surface area (Å²) in [5.74, 6) is -0.139. The molecule has 1 aliphatic heterocycles. The SMILES string of the molecule is CC(C)[C@@H](C(=C=O)C(=O)O)N1C(=O)OC[C@@H]1Cc1ccccc1. The van der Waals surface area contributed by atoms with Crippen LogP contribution in [0, 0.1) is 5.92 Å². The molecule has 0 aliphatic carbocycles. The van der Waals surface area contributed by atoms with E-state index in [1.165, 1.54) is 10.8 Å². The highest BCUT2D eigenvalue weighted by Gasteiger charge is 2.43. The predicted octanol–water partition coefficient (Wildman–Crippen LogP) is 1.92. The second-order valence-corrected chi connectivity index (χ2v) is 5.84. The molecule has 1 aromatic carbocycles. The molecule has 23 heavy (non-hydrogen) atoms. The van der Waals surface area contributed by atoms with Gasteiger partial charge >= 0.3 is 12.1 Å². The van der Waals surface area contributed by atoms with Crippen molar-refractivity contribution < 1.29 is 24.2 Å². The Balaban J connectivity index is 2.33. The van der Waals surface area contributed by atoms with E-state index in [1.807, 2.05) is 30.3 Å². The molecule has 0 aromatic heterocycles. The molecule has 6 heteroatoms. The number of nitrogens with zero attached hydrogens (tertiary/aromatic N) is 1. The molecule has 2 rings (SSSR count). The monoisotopic (exact) mass is 317 g/mol. The van der Waals surface area contributed by atoms with Gasteiger partial charge in [0.1, 0.15) is 18.1 Å². The number of cyclic esters (lactones) is 1. The maximum Gasteiger partial charge on any atom is 0.410 e. The first-order valence-electron chi connectivity index (χ1n) is 7.43. The number of carbonyl (C=O) groups excluding carboxylic acids is 2. The molecule has 0 bridgehead atoms. The number of ether oxygens (including phenoxy) is 1. The Morgan fingerprint density at radius 1 is 1.39 bits per heavy atom. The summed E-state index contributed by atoms with van der Waals surface area (Å²) < 4.78 is 5.11. The van der Waals surface area contributed by atoms with Gasteiger partial charge in [0.2, 0.25) is 0 Å². The fourth-order valence-electron chi connectivity index (χ4n) is 2.88. The van der Waals surface area contributed by atoms with Gasteiger partial charge in [0.15, 0.2) is 0 Å². The third kappa shape index (κ3) is 3.60. The number of rotatable bonds is 6. The van der Waals surface area contributed by atoms with E-state index in [9.17, 15) is 19.5 Å². The van der Waals surface area contributed by atoms with Crippen LogP contribution in [0.3, 0.4) is 0 Å². The average molecular weight is 317 g/mol. The first-order chi connectivity index (χ1) is 11.0. The zero-order valence-electron chi connectivity index (χ0n) is 13.1. The lowest BCUT2D eigenvalue weighted by molar-refractivity contribution is -0.133. The standard InChI is InChI=1S/C17H19NO5/c1-11(2)15(14(9-19)16(20)21)18-13(10-23-17(18)22)8-12-6-4-3-5-7-12/h3-7,11,13,15H,8,10H2,1-2H3,(H,20,21)/t13-,15-/m0/s1. The lowest BCUT2D eigenvalue weighted by atomic mass is 9.93. The predicted molar refractivity (Wildman–Crippen MR) is 82.6 cm³/mol. The summed E-state index contributed by atoms with van der Waals surface area (Å²) in [6, 6.07) is 8.36. The molecule has 0 radical (unpaired) electrons. The Morgan fingerprint density at radius 3 is 2.57 bits per heavy atom. The summed E-state index contributed by atoms with van der Waals surface area (Å²) >= 11 is 0. The highest BCUT2D eigenvalue weighted by molar-refractivity contribution is 5.97. The Kier molecular flexibility index (Phi) is 5.19. The highest BCUT2D eigenvalue weighted by Crippen LogP contribution is 2.27. The van der Waals surface area contributed by atoms with Crippen LogP contribution < -0.4 is 0 Å². The molecule has 1 saturated heterocycles. The van der Waals surface area contributed by atoms with Crippen molar-refractivity contribution in [2.24, 2.45) is 5.92 Å². The van der Waals surface area contributed by atoms with E-state index in [4.69, 9.17) is 4.74 Å². The van der Waals surface area contributed by atoms with Crippen LogP contribution >= 0.6 is 0 Å². The van der Waals surface area contributed by atoms with Crippen LogP contribution in [0.15, 0.2) is 35.9 Å². The molecular weight excluding hydrogens is 298 g/mol. The van der Waals surface area contributed by atoms with Gasteiger partial charge in [0.05, 0.1) is 12.1 Å². The van der Waals surface area contributed by atoms with Crippen LogP contribution in [-0.2, 0) is 20.7 Å². The lowest BCUT2D eigenvalue weighted by Gasteiger charge is -2.32. The smallest absolute Gasteiger partial charge is 0.410 e. The summed E-state index contributed by atoms with van der Waals surface area (Å²) in [6.45, 7) is 3.69. The Hall–Kier alpha value is -2.59. The maximum absolute atomic E-state index is 12.1. The third-order valence-electron chi connectivity index (χ3n) is 3.88. The Morgan fingerprint density at radius 2 is 2.04 bits per heavy atom. The minimum atomic E-state index is -1.36. The van der Waals surface area contributed by atoms with Gasteiger partial charge in [-0.15, -0.1) is 0 Å². The second kappa shape index (κ2) is 7.11. The quantitative estimate of drug-likeness (QED) is 0.640. The average Bonchev–Trinajstić information content (AvgIpc) is 2.85. The highest BCUT2D eigenvalue weighted by atomic mass is 16.6. The van der Waals surface area contributed by atoms with Crippen molar-refractivity contribution in [2.45, 2.75) is 32.4 Å². The molecule has 0 unspecified atom stereocenters. The van der Waals surface area contributed by atoms with Gasteiger partial charge in [0, 0.05) is 0 Å². The van der Waals surface area contributed by atoms with Crippen LogP contribution in [0.2, 0.25) is 0 Å². The van der Waals surface area contributed by atoms with Gasteiger partial charge in [-0.2, -0.15) is 0 Å². The fraction of sp³-hybridized carbons (Fsp3) is 0.412. The summed E-state index contributed by atoms with van der Waals surface area (Å²) in [5.41, 5.74) is 0.562. The van der Waals surface area contributed by atoms with Crippen molar-refractivity contribution in [1.82, 2.24) is 4.90 Å². The molecule has 1 N–H and O–H groups in total. The molecule has 1 heterocycles. The van der Waals surface area contributed by atoms with E-state index in [2.05, 4.69) is 0 Å². The molecule has 1 fully saturated rings.